The van der Waals surface area contributed by atoms with Gasteiger partial charge in [0.15, 0.2) is 0 Å². The van der Waals surface area contributed by atoms with E-state index in [0.29, 0.717) is 11.4 Å². The number of carbonyl (C=O) groups is 1. The van der Waals surface area contributed by atoms with E-state index in [4.69, 9.17) is 16.6 Å². The molecule has 1 amide bonds. The van der Waals surface area contributed by atoms with Crippen LogP contribution in [0, 0.1) is 13.8 Å². The van der Waals surface area contributed by atoms with E-state index < -0.39 is 6.04 Å². The molecule has 0 saturated carbocycles. The van der Waals surface area contributed by atoms with Crippen LogP contribution in [0.4, 0.5) is 5.69 Å². The van der Waals surface area contributed by atoms with Crippen LogP contribution in [0.1, 0.15) is 27.8 Å². The summed E-state index contributed by atoms with van der Waals surface area (Å²) in [5.41, 5.74) is 6.80. The van der Waals surface area contributed by atoms with Crippen LogP contribution in [0.25, 0.3) is 0 Å². The van der Waals surface area contributed by atoms with Crippen molar-refractivity contribution in [2.24, 2.45) is 4.99 Å². The molecule has 3 aromatic carbocycles. The van der Waals surface area contributed by atoms with Gasteiger partial charge in [0.25, 0.3) is 0 Å². The number of anilines is 1. The van der Waals surface area contributed by atoms with Gasteiger partial charge < -0.3 is 5.32 Å². The molecule has 0 fully saturated rings. The van der Waals surface area contributed by atoms with Gasteiger partial charge in [-0.1, -0.05) is 65.7 Å². The van der Waals surface area contributed by atoms with Crippen LogP contribution in [0.5, 0.6) is 0 Å². The minimum Gasteiger partial charge on any atom is -0.324 e. The fraction of sp³-hybridized carbons (Fsp3) is 0.167. The van der Waals surface area contributed by atoms with Crippen LogP contribution in [0.15, 0.2) is 71.7 Å². The molecule has 1 aliphatic rings. The van der Waals surface area contributed by atoms with Crippen LogP contribution in [-0.4, -0.2) is 17.7 Å². The van der Waals surface area contributed by atoms with Crippen molar-refractivity contribution in [1.29, 1.82) is 0 Å². The number of aryl methyl sites for hydroxylation is 2. The largest absolute Gasteiger partial charge is 0.324 e. The third-order valence-electron chi connectivity index (χ3n) is 5.08. The standard InChI is InChI=1S/C24H21ClN2O/c1-15-7-9-17(10-8-15)23-20-14-19(25)11-12-21(20)27-24(28)22(26-23)13-18-6-4-3-5-16(18)2/h3-12,14,22H,13H2,1-2H3,(H,27,28). The number of halogens is 1. The molecule has 3 aromatic rings. The van der Waals surface area contributed by atoms with Crippen molar-refractivity contribution in [3.05, 3.63) is 99.6 Å². The Labute approximate surface area is 170 Å². The van der Waals surface area contributed by atoms with Gasteiger partial charge in [-0.2, -0.15) is 0 Å². The maximum Gasteiger partial charge on any atom is 0.249 e. The molecule has 1 N–H and O–H groups in total. The second kappa shape index (κ2) is 7.61. The van der Waals surface area contributed by atoms with Gasteiger partial charge in [0.2, 0.25) is 5.91 Å². The highest BCUT2D eigenvalue weighted by Gasteiger charge is 2.26. The first-order valence-electron chi connectivity index (χ1n) is 9.31. The molecule has 1 heterocycles. The summed E-state index contributed by atoms with van der Waals surface area (Å²) in [4.78, 5) is 17.9. The molecule has 3 nitrogen and oxygen atoms in total. The van der Waals surface area contributed by atoms with Gasteiger partial charge >= 0.3 is 0 Å². The number of carbonyl (C=O) groups excluding carboxylic acids is 1. The Morgan fingerprint density at radius 1 is 1.00 bits per heavy atom. The van der Waals surface area contributed by atoms with E-state index in [-0.39, 0.29) is 5.91 Å². The van der Waals surface area contributed by atoms with Gasteiger partial charge in [0.1, 0.15) is 6.04 Å². The first-order valence-corrected chi connectivity index (χ1v) is 9.69. The van der Waals surface area contributed by atoms with E-state index in [9.17, 15) is 4.79 Å². The Bertz CT molecular complexity index is 1070. The van der Waals surface area contributed by atoms with Crippen LogP contribution < -0.4 is 5.32 Å². The Morgan fingerprint density at radius 3 is 2.50 bits per heavy atom. The second-order valence-electron chi connectivity index (χ2n) is 7.17. The average Bonchev–Trinajstić information content (AvgIpc) is 2.81. The van der Waals surface area contributed by atoms with Gasteiger partial charge in [0, 0.05) is 22.6 Å². The number of aliphatic imine (C=N–C) groups is 1. The van der Waals surface area contributed by atoms with Crippen LogP contribution in [0.2, 0.25) is 5.02 Å². The minimum atomic E-state index is -0.511. The normalized spacial score (nSPS) is 16.0. The van der Waals surface area contributed by atoms with Crippen molar-refractivity contribution in [1.82, 2.24) is 0 Å². The molecule has 0 bridgehead atoms. The van der Waals surface area contributed by atoms with Crippen molar-refractivity contribution < 1.29 is 4.79 Å². The number of benzodiazepines with no additional fused rings is 1. The van der Waals surface area contributed by atoms with E-state index in [2.05, 4.69) is 43.4 Å². The number of rotatable bonds is 3. The number of benzene rings is 3. The van der Waals surface area contributed by atoms with Gasteiger partial charge in [-0.3, -0.25) is 9.79 Å². The fourth-order valence-corrected chi connectivity index (χ4v) is 3.62. The molecule has 0 aliphatic carbocycles. The molecule has 0 radical (unpaired) electrons. The maximum absolute atomic E-state index is 13.0. The van der Waals surface area contributed by atoms with Crippen LogP contribution >= 0.6 is 11.6 Å². The molecule has 0 saturated heterocycles. The molecule has 4 rings (SSSR count). The molecule has 1 aliphatic heterocycles. The summed E-state index contributed by atoms with van der Waals surface area (Å²) in [6.07, 6.45) is 0.551. The maximum atomic E-state index is 13.0. The van der Waals surface area contributed by atoms with Gasteiger partial charge in [-0.25, -0.2) is 0 Å². The summed E-state index contributed by atoms with van der Waals surface area (Å²) in [6.45, 7) is 4.11. The molecule has 1 atom stereocenters. The van der Waals surface area contributed by atoms with Crippen molar-refractivity contribution in [2.75, 3.05) is 5.32 Å². The van der Waals surface area contributed by atoms with Gasteiger partial charge in [-0.15, -0.1) is 0 Å². The summed E-state index contributed by atoms with van der Waals surface area (Å²) in [5, 5.41) is 3.65. The second-order valence-corrected chi connectivity index (χ2v) is 7.61. The van der Waals surface area contributed by atoms with Gasteiger partial charge in [0.05, 0.1) is 11.4 Å². The lowest BCUT2D eigenvalue weighted by molar-refractivity contribution is -0.117. The highest BCUT2D eigenvalue weighted by molar-refractivity contribution is 6.32. The quantitative estimate of drug-likeness (QED) is 0.644. The SMILES string of the molecule is Cc1ccc(C2=NC(Cc3ccccc3C)C(=O)Nc3ccc(Cl)cc32)cc1. The summed E-state index contributed by atoms with van der Waals surface area (Å²) in [6, 6.07) is 21.3. The lowest BCUT2D eigenvalue weighted by Crippen LogP contribution is -2.27. The first-order chi connectivity index (χ1) is 13.5. The van der Waals surface area contributed by atoms with E-state index in [0.717, 1.165) is 33.7 Å². The molecule has 4 heteroatoms. The van der Waals surface area contributed by atoms with E-state index >= 15 is 0 Å². The zero-order valence-electron chi connectivity index (χ0n) is 15.9. The molecule has 0 aromatic heterocycles. The number of fused-ring (bicyclic) bond motifs is 1. The van der Waals surface area contributed by atoms with Crippen molar-refractivity contribution >= 4 is 28.9 Å². The topological polar surface area (TPSA) is 41.5 Å². The summed E-state index contributed by atoms with van der Waals surface area (Å²) in [7, 11) is 0. The van der Waals surface area contributed by atoms with Crippen molar-refractivity contribution in [3.63, 3.8) is 0 Å². The van der Waals surface area contributed by atoms with Crippen molar-refractivity contribution in [2.45, 2.75) is 26.3 Å². The Balaban J connectivity index is 1.84. The monoisotopic (exact) mass is 388 g/mol. The van der Waals surface area contributed by atoms with Crippen molar-refractivity contribution in [3.8, 4) is 0 Å². The highest BCUT2D eigenvalue weighted by atomic mass is 35.5. The molecule has 0 spiro atoms. The number of amides is 1. The third-order valence-corrected chi connectivity index (χ3v) is 5.32. The summed E-state index contributed by atoms with van der Waals surface area (Å²) >= 11 is 6.26. The minimum absolute atomic E-state index is 0.103. The predicted molar refractivity (Wildman–Crippen MR) is 116 cm³/mol. The number of hydrogen-bond acceptors (Lipinski definition) is 2. The number of nitrogens with zero attached hydrogens (tertiary/aromatic N) is 1. The zero-order valence-corrected chi connectivity index (χ0v) is 16.6. The Morgan fingerprint density at radius 2 is 1.75 bits per heavy atom. The van der Waals surface area contributed by atoms with E-state index in [1.807, 2.05) is 36.4 Å². The average molecular weight is 389 g/mol. The lowest BCUT2D eigenvalue weighted by Gasteiger charge is -2.13. The fourth-order valence-electron chi connectivity index (χ4n) is 3.45. The lowest BCUT2D eigenvalue weighted by atomic mass is 9.99. The Hall–Kier alpha value is -2.91. The molecule has 1 unspecified atom stereocenters. The third kappa shape index (κ3) is 3.71. The predicted octanol–water partition coefficient (Wildman–Crippen LogP) is 5.36. The van der Waals surface area contributed by atoms with Crippen LogP contribution in [0.3, 0.4) is 0 Å². The Kier molecular flexibility index (Phi) is 5.01. The zero-order chi connectivity index (χ0) is 19.7. The smallest absolute Gasteiger partial charge is 0.249 e. The molecular weight excluding hydrogens is 368 g/mol. The van der Waals surface area contributed by atoms with Gasteiger partial charge in [-0.05, 0) is 43.2 Å². The summed E-state index contributed by atoms with van der Waals surface area (Å²) < 4.78 is 0. The molecule has 28 heavy (non-hydrogen) atoms. The molecule has 140 valence electrons. The van der Waals surface area contributed by atoms with Crippen LogP contribution in [-0.2, 0) is 11.2 Å². The number of nitrogens with one attached hydrogen (secondary N) is 1. The highest BCUT2D eigenvalue weighted by Crippen LogP contribution is 2.28. The van der Waals surface area contributed by atoms with E-state index in [1.165, 1.54) is 5.56 Å². The molecular formula is C24H21ClN2O. The van der Waals surface area contributed by atoms with E-state index in [1.54, 1.807) is 6.07 Å². The number of hydrogen-bond donors (Lipinski definition) is 1. The first kappa shape index (κ1) is 18.5. The summed E-state index contributed by atoms with van der Waals surface area (Å²) in [5.74, 6) is -0.103.